The lowest BCUT2D eigenvalue weighted by Crippen LogP contribution is -2.38. The number of aryl methyl sites for hydroxylation is 1. The highest BCUT2D eigenvalue weighted by molar-refractivity contribution is 7.93. The van der Waals surface area contributed by atoms with Crippen LogP contribution >= 0.6 is 0 Å². The minimum Gasteiger partial charge on any atom is -0.370 e. The summed E-state index contributed by atoms with van der Waals surface area (Å²) in [6.07, 6.45) is 2.76. The molecule has 1 atom stereocenters. The highest BCUT2D eigenvalue weighted by atomic mass is 32.2. The van der Waals surface area contributed by atoms with Crippen LogP contribution in [0.25, 0.3) is 0 Å². The van der Waals surface area contributed by atoms with Gasteiger partial charge in [-0.1, -0.05) is 0 Å². The average molecular weight is 372 g/mol. The van der Waals surface area contributed by atoms with Crippen LogP contribution in [0.1, 0.15) is 28.8 Å². The van der Waals surface area contributed by atoms with Crippen LogP contribution in [0.5, 0.6) is 0 Å². The van der Waals surface area contributed by atoms with Crippen molar-refractivity contribution in [2.45, 2.75) is 24.7 Å². The van der Waals surface area contributed by atoms with Crippen molar-refractivity contribution in [3.8, 4) is 0 Å². The van der Waals surface area contributed by atoms with Crippen molar-refractivity contribution in [1.29, 1.82) is 0 Å². The molecule has 1 aromatic carbocycles. The summed E-state index contributed by atoms with van der Waals surface area (Å²) < 4.78 is 38.1. The molecule has 8 nitrogen and oxygen atoms in total. The summed E-state index contributed by atoms with van der Waals surface area (Å²) in [4.78, 5) is 15.8. The summed E-state index contributed by atoms with van der Waals surface area (Å²) in [5.41, 5.74) is 11.5. The maximum atomic E-state index is 12.3. The van der Waals surface area contributed by atoms with Gasteiger partial charge in [-0.05, 0) is 37.5 Å². The number of benzene rings is 1. The number of nitrogens with two attached hydrogens (primary N) is 2. The fraction of sp³-hybridized carbons (Fsp3) is 0.429. The Bertz CT molecular complexity index is 829. The van der Waals surface area contributed by atoms with Crippen molar-refractivity contribution < 1.29 is 17.4 Å². The van der Waals surface area contributed by atoms with E-state index in [1.54, 1.807) is 13.0 Å². The van der Waals surface area contributed by atoms with Gasteiger partial charge >= 0.3 is 0 Å². The molecule has 0 radical (unpaired) electrons. The molecule has 1 fully saturated rings. The zero-order valence-corrected chi connectivity index (χ0v) is 15.1. The highest BCUT2D eigenvalue weighted by Crippen LogP contribution is 2.32. The number of carbonyl (C=O) groups is 1. The standard InChI is InChI=1S/C14H20N4O4S2/c1-9-7-11(18-5-3-4-6-24(18,21)22)12(23(2)20)8-10(9)13(19)17-14(15)16/h7-8H,3-6H2,1-2H3,(H4,15,16,17,19). The molecule has 1 unspecified atom stereocenters. The molecule has 0 aliphatic carbocycles. The van der Waals surface area contributed by atoms with E-state index in [0.29, 0.717) is 24.2 Å². The van der Waals surface area contributed by atoms with E-state index in [4.69, 9.17) is 11.5 Å². The van der Waals surface area contributed by atoms with Gasteiger partial charge in [-0.15, -0.1) is 0 Å². The Labute approximate surface area is 143 Å². The van der Waals surface area contributed by atoms with Crippen molar-refractivity contribution in [3.05, 3.63) is 23.3 Å². The summed E-state index contributed by atoms with van der Waals surface area (Å²) in [6, 6.07) is 2.95. The fourth-order valence-corrected chi connectivity index (χ4v) is 5.02. The summed E-state index contributed by atoms with van der Waals surface area (Å²) >= 11 is 0. The number of nitrogens with zero attached hydrogens (tertiary/aromatic N) is 2. The lowest BCUT2D eigenvalue weighted by Gasteiger charge is -2.30. The second-order valence-corrected chi connectivity index (χ2v) is 8.89. The summed E-state index contributed by atoms with van der Waals surface area (Å²) in [5.74, 6) is -0.982. The van der Waals surface area contributed by atoms with Crippen LogP contribution in [-0.4, -0.2) is 43.0 Å². The third kappa shape index (κ3) is 3.75. The Morgan fingerprint density at radius 1 is 1.29 bits per heavy atom. The number of hydrogen-bond acceptors (Lipinski definition) is 4. The Kier molecular flexibility index (Phi) is 5.29. The predicted octanol–water partition coefficient (Wildman–Crippen LogP) is 0.0760. The van der Waals surface area contributed by atoms with E-state index < -0.39 is 26.7 Å². The van der Waals surface area contributed by atoms with Crippen molar-refractivity contribution in [2.75, 3.05) is 22.9 Å². The van der Waals surface area contributed by atoms with Gasteiger partial charge in [-0.3, -0.25) is 13.3 Å². The predicted molar refractivity (Wildman–Crippen MR) is 94.0 cm³/mol. The van der Waals surface area contributed by atoms with Crippen LogP contribution in [-0.2, 0) is 20.8 Å². The van der Waals surface area contributed by atoms with Crippen molar-refractivity contribution in [2.24, 2.45) is 16.5 Å². The van der Waals surface area contributed by atoms with Crippen LogP contribution in [0, 0.1) is 6.92 Å². The van der Waals surface area contributed by atoms with Crippen LogP contribution in [0.3, 0.4) is 0 Å². The number of aliphatic imine (C=N–C) groups is 1. The van der Waals surface area contributed by atoms with Crippen molar-refractivity contribution in [3.63, 3.8) is 0 Å². The molecule has 0 spiro atoms. The first kappa shape index (κ1) is 18.4. The van der Waals surface area contributed by atoms with Gasteiger partial charge in [0.05, 0.1) is 27.1 Å². The van der Waals surface area contributed by atoms with E-state index in [-0.39, 0.29) is 22.2 Å². The van der Waals surface area contributed by atoms with Crippen LogP contribution < -0.4 is 15.8 Å². The number of rotatable bonds is 3. The molecule has 1 amide bonds. The van der Waals surface area contributed by atoms with Crippen molar-refractivity contribution >= 4 is 38.4 Å². The first-order valence-corrected chi connectivity index (χ1v) is 10.4. The Morgan fingerprint density at radius 2 is 1.96 bits per heavy atom. The Balaban J connectivity index is 2.62. The number of sulfonamides is 1. The molecule has 0 aromatic heterocycles. The minimum absolute atomic E-state index is 0.0521. The molecule has 10 heteroatoms. The van der Waals surface area contributed by atoms with Gasteiger partial charge < -0.3 is 11.5 Å². The SMILES string of the molecule is Cc1cc(N2CCCCS2(=O)=O)c(S(C)=O)cc1C(=O)N=C(N)N. The highest BCUT2D eigenvalue weighted by Gasteiger charge is 2.29. The molecule has 4 N–H and O–H groups in total. The zero-order chi connectivity index (χ0) is 18.1. The summed E-state index contributed by atoms with van der Waals surface area (Å²) in [5, 5.41) is 0. The molecule has 0 saturated carbocycles. The lowest BCUT2D eigenvalue weighted by atomic mass is 10.1. The molecule has 24 heavy (non-hydrogen) atoms. The largest absolute Gasteiger partial charge is 0.370 e. The molecular weight excluding hydrogens is 352 g/mol. The molecule has 1 saturated heterocycles. The van der Waals surface area contributed by atoms with E-state index in [2.05, 4.69) is 4.99 Å². The summed E-state index contributed by atoms with van der Waals surface area (Å²) in [7, 11) is -4.95. The molecule has 0 bridgehead atoms. The van der Waals surface area contributed by atoms with E-state index in [1.807, 2.05) is 0 Å². The second kappa shape index (κ2) is 6.89. The van der Waals surface area contributed by atoms with Gasteiger partial charge in [0.15, 0.2) is 5.96 Å². The van der Waals surface area contributed by atoms with E-state index >= 15 is 0 Å². The Morgan fingerprint density at radius 3 is 2.50 bits per heavy atom. The summed E-state index contributed by atoms with van der Waals surface area (Å²) in [6.45, 7) is 1.98. The van der Waals surface area contributed by atoms with Gasteiger partial charge in [0.2, 0.25) is 10.0 Å². The molecule has 1 aliphatic heterocycles. The third-order valence-electron chi connectivity index (χ3n) is 3.69. The third-order valence-corrected chi connectivity index (χ3v) is 6.50. The fourth-order valence-electron chi connectivity index (χ4n) is 2.57. The number of hydrogen-bond donors (Lipinski definition) is 2. The van der Waals surface area contributed by atoms with Gasteiger partial charge in [0.25, 0.3) is 5.91 Å². The first-order chi connectivity index (χ1) is 11.1. The Hall–Kier alpha value is -1.94. The molecular formula is C14H20N4O4S2. The van der Waals surface area contributed by atoms with Crippen LogP contribution in [0.4, 0.5) is 5.69 Å². The molecule has 132 valence electrons. The van der Waals surface area contributed by atoms with Gasteiger partial charge in [-0.25, -0.2) is 8.42 Å². The monoisotopic (exact) mass is 372 g/mol. The van der Waals surface area contributed by atoms with E-state index in [9.17, 15) is 17.4 Å². The topological polar surface area (TPSA) is 136 Å². The maximum absolute atomic E-state index is 12.3. The first-order valence-electron chi connectivity index (χ1n) is 7.26. The van der Waals surface area contributed by atoms with Gasteiger partial charge in [0, 0.05) is 18.4 Å². The number of carbonyl (C=O) groups excluding carboxylic acids is 1. The van der Waals surface area contributed by atoms with E-state index in [1.165, 1.54) is 16.6 Å². The van der Waals surface area contributed by atoms with Gasteiger partial charge in [0.1, 0.15) is 0 Å². The molecule has 1 heterocycles. The lowest BCUT2D eigenvalue weighted by molar-refractivity contribution is 0.100. The average Bonchev–Trinajstić information content (AvgIpc) is 2.45. The normalized spacial score (nSPS) is 18.0. The maximum Gasteiger partial charge on any atom is 0.280 e. The van der Waals surface area contributed by atoms with Crippen LogP contribution in [0.15, 0.2) is 22.0 Å². The zero-order valence-electron chi connectivity index (χ0n) is 13.5. The second-order valence-electron chi connectivity index (χ2n) is 5.53. The smallest absolute Gasteiger partial charge is 0.280 e. The van der Waals surface area contributed by atoms with E-state index in [0.717, 1.165) is 6.42 Å². The van der Waals surface area contributed by atoms with Crippen LogP contribution in [0.2, 0.25) is 0 Å². The molecule has 2 rings (SSSR count). The van der Waals surface area contributed by atoms with Crippen molar-refractivity contribution in [1.82, 2.24) is 0 Å². The van der Waals surface area contributed by atoms with Gasteiger partial charge in [-0.2, -0.15) is 4.99 Å². The quantitative estimate of drug-likeness (QED) is 0.569. The molecule has 1 aromatic rings. The molecule has 1 aliphatic rings. The number of amides is 1. The number of guanidine groups is 1. The minimum atomic E-state index is -3.46. The number of anilines is 1.